The van der Waals surface area contributed by atoms with Gasteiger partial charge in [0.05, 0.1) is 5.66 Å². The zero-order valence-electron chi connectivity index (χ0n) is 10.2. The van der Waals surface area contributed by atoms with Gasteiger partial charge in [0.15, 0.2) is 0 Å². The standard InChI is InChI=1S/C11H26N2O/c1-6-11(12,7-8-14)13(9(2)3)10(4)5/h9-10,14H,6-8,12H2,1-5H3. The van der Waals surface area contributed by atoms with Gasteiger partial charge in [-0.1, -0.05) is 6.92 Å². The Balaban J connectivity index is 4.73. The Morgan fingerprint density at radius 3 is 1.86 bits per heavy atom. The molecule has 1 unspecified atom stereocenters. The quantitative estimate of drug-likeness (QED) is 0.643. The summed E-state index contributed by atoms with van der Waals surface area (Å²) in [6.45, 7) is 10.8. The maximum atomic E-state index is 9.04. The van der Waals surface area contributed by atoms with Crippen molar-refractivity contribution in [3.8, 4) is 0 Å². The summed E-state index contributed by atoms with van der Waals surface area (Å²) < 4.78 is 0. The lowest BCUT2D eigenvalue weighted by Gasteiger charge is -2.45. The van der Waals surface area contributed by atoms with E-state index < -0.39 is 0 Å². The third-order valence-corrected chi connectivity index (χ3v) is 2.78. The summed E-state index contributed by atoms with van der Waals surface area (Å²) in [7, 11) is 0. The maximum Gasteiger partial charge on any atom is 0.0711 e. The predicted molar refractivity (Wildman–Crippen MR) is 61.0 cm³/mol. The number of nitrogens with two attached hydrogens (primary N) is 1. The van der Waals surface area contributed by atoms with Crippen LogP contribution in [0.2, 0.25) is 0 Å². The molecule has 86 valence electrons. The van der Waals surface area contributed by atoms with Crippen molar-refractivity contribution in [3.63, 3.8) is 0 Å². The highest BCUT2D eigenvalue weighted by Gasteiger charge is 2.33. The highest BCUT2D eigenvalue weighted by Crippen LogP contribution is 2.23. The van der Waals surface area contributed by atoms with Crippen LogP contribution in [0.25, 0.3) is 0 Å². The van der Waals surface area contributed by atoms with Gasteiger partial charge in [-0.25, -0.2) is 0 Å². The third kappa shape index (κ3) is 3.23. The van der Waals surface area contributed by atoms with Crippen LogP contribution >= 0.6 is 0 Å². The molecule has 3 heteroatoms. The van der Waals surface area contributed by atoms with Crippen LogP contribution in [-0.2, 0) is 0 Å². The lowest BCUT2D eigenvalue weighted by molar-refractivity contribution is 0.00796. The van der Waals surface area contributed by atoms with Crippen molar-refractivity contribution < 1.29 is 5.11 Å². The Kier molecular flexibility index (Phi) is 5.64. The average molecular weight is 202 g/mol. The highest BCUT2D eigenvalue weighted by atomic mass is 16.3. The number of rotatable bonds is 6. The van der Waals surface area contributed by atoms with Crippen LogP contribution in [-0.4, -0.2) is 34.4 Å². The van der Waals surface area contributed by atoms with E-state index in [1.54, 1.807) is 0 Å². The van der Waals surface area contributed by atoms with Crippen LogP contribution in [0, 0.1) is 0 Å². The lowest BCUT2D eigenvalue weighted by atomic mass is 9.98. The molecule has 0 heterocycles. The van der Waals surface area contributed by atoms with Crippen LogP contribution in [0.15, 0.2) is 0 Å². The molecule has 14 heavy (non-hydrogen) atoms. The van der Waals surface area contributed by atoms with Crippen molar-refractivity contribution in [1.82, 2.24) is 4.90 Å². The minimum absolute atomic E-state index is 0.153. The summed E-state index contributed by atoms with van der Waals surface area (Å²) in [6.07, 6.45) is 1.50. The minimum atomic E-state index is -0.364. The Hall–Kier alpha value is -0.120. The van der Waals surface area contributed by atoms with Crippen molar-refractivity contribution in [3.05, 3.63) is 0 Å². The normalized spacial score (nSPS) is 16.7. The van der Waals surface area contributed by atoms with Crippen LogP contribution in [0.5, 0.6) is 0 Å². The smallest absolute Gasteiger partial charge is 0.0711 e. The fourth-order valence-electron chi connectivity index (χ4n) is 2.31. The zero-order chi connectivity index (χ0) is 11.4. The van der Waals surface area contributed by atoms with Crippen LogP contribution in [0.3, 0.4) is 0 Å². The van der Waals surface area contributed by atoms with Gasteiger partial charge in [0, 0.05) is 25.1 Å². The Morgan fingerprint density at radius 1 is 1.21 bits per heavy atom. The van der Waals surface area contributed by atoms with Crippen LogP contribution in [0.4, 0.5) is 0 Å². The van der Waals surface area contributed by atoms with E-state index in [9.17, 15) is 0 Å². The molecule has 0 aliphatic carbocycles. The third-order valence-electron chi connectivity index (χ3n) is 2.78. The molecule has 0 amide bonds. The van der Waals surface area contributed by atoms with Crippen LogP contribution in [0.1, 0.15) is 47.5 Å². The summed E-state index contributed by atoms with van der Waals surface area (Å²) in [5.74, 6) is 0. The second kappa shape index (κ2) is 5.69. The van der Waals surface area contributed by atoms with Crippen molar-refractivity contribution >= 4 is 0 Å². The topological polar surface area (TPSA) is 49.5 Å². The fraction of sp³-hybridized carbons (Fsp3) is 1.00. The van der Waals surface area contributed by atoms with Crippen molar-refractivity contribution in [2.24, 2.45) is 5.73 Å². The molecule has 0 rings (SSSR count). The highest BCUT2D eigenvalue weighted by molar-refractivity contribution is 4.87. The first-order chi connectivity index (χ1) is 6.39. The number of aliphatic hydroxyl groups is 1. The van der Waals surface area contributed by atoms with E-state index >= 15 is 0 Å². The van der Waals surface area contributed by atoms with Gasteiger partial charge in [0.25, 0.3) is 0 Å². The monoisotopic (exact) mass is 202 g/mol. The van der Waals surface area contributed by atoms with Gasteiger partial charge >= 0.3 is 0 Å². The first-order valence-corrected chi connectivity index (χ1v) is 5.57. The molecule has 3 N–H and O–H groups in total. The van der Waals surface area contributed by atoms with E-state index in [0.29, 0.717) is 18.5 Å². The molecule has 0 aromatic heterocycles. The fourth-order valence-corrected chi connectivity index (χ4v) is 2.31. The van der Waals surface area contributed by atoms with Gasteiger partial charge in [-0.3, -0.25) is 4.90 Å². The molecule has 3 nitrogen and oxygen atoms in total. The molecule has 0 radical (unpaired) electrons. The molecular formula is C11H26N2O. The molecule has 0 saturated heterocycles. The lowest BCUT2D eigenvalue weighted by Crippen LogP contribution is -2.61. The van der Waals surface area contributed by atoms with Gasteiger partial charge in [0.1, 0.15) is 0 Å². The summed E-state index contributed by atoms with van der Waals surface area (Å²) >= 11 is 0. The second-order valence-electron chi connectivity index (χ2n) is 4.53. The number of hydrogen-bond donors (Lipinski definition) is 2. The maximum absolute atomic E-state index is 9.04. The Bertz CT molecular complexity index is 151. The SMILES string of the molecule is CCC(N)(CCO)N(C(C)C)C(C)C. The van der Waals surface area contributed by atoms with Gasteiger partial charge in [-0.2, -0.15) is 0 Å². The molecule has 0 aromatic rings. The Morgan fingerprint density at radius 2 is 1.64 bits per heavy atom. The van der Waals surface area contributed by atoms with Gasteiger partial charge < -0.3 is 10.8 Å². The molecular weight excluding hydrogens is 176 g/mol. The van der Waals surface area contributed by atoms with E-state index in [1.165, 1.54) is 0 Å². The molecule has 0 saturated carbocycles. The average Bonchev–Trinajstić information content (AvgIpc) is 2.03. The largest absolute Gasteiger partial charge is 0.396 e. The number of hydrogen-bond acceptors (Lipinski definition) is 3. The van der Waals surface area contributed by atoms with Crippen LogP contribution < -0.4 is 5.73 Å². The van der Waals surface area contributed by atoms with Gasteiger partial charge in [-0.15, -0.1) is 0 Å². The first-order valence-electron chi connectivity index (χ1n) is 5.57. The molecule has 1 atom stereocenters. The summed E-state index contributed by atoms with van der Waals surface area (Å²) in [6, 6.07) is 0.818. The van der Waals surface area contributed by atoms with Gasteiger partial charge in [-0.05, 0) is 34.1 Å². The summed E-state index contributed by atoms with van der Waals surface area (Å²) in [4.78, 5) is 2.28. The molecule has 0 spiro atoms. The van der Waals surface area contributed by atoms with Crippen molar-refractivity contribution in [1.29, 1.82) is 0 Å². The van der Waals surface area contributed by atoms with E-state index in [1.807, 2.05) is 0 Å². The van der Waals surface area contributed by atoms with Crippen molar-refractivity contribution in [2.75, 3.05) is 6.61 Å². The molecule has 0 aliphatic heterocycles. The van der Waals surface area contributed by atoms with E-state index in [-0.39, 0.29) is 12.3 Å². The van der Waals surface area contributed by atoms with E-state index in [4.69, 9.17) is 10.8 Å². The summed E-state index contributed by atoms with van der Waals surface area (Å²) in [5, 5.41) is 9.04. The number of aliphatic hydroxyl groups excluding tert-OH is 1. The minimum Gasteiger partial charge on any atom is -0.396 e. The molecule has 0 bridgehead atoms. The molecule has 0 fully saturated rings. The van der Waals surface area contributed by atoms with Crippen molar-refractivity contribution in [2.45, 2.75) is 65.2 Å². The Labute approximate surface area is 88.3 Å². The molecule has 0 aliphatic rings. The molecule has 0 aromatic carbocycles. The zero-order valence-corrected chi connectivity index (χ0v) is 10.2. The number of nitrogens with zero attached hydrogens (tertiary/aromatic N) is 1. The van der Waals surface area contributed by atoms with E-state index in [0.717, 1.165) is 6.42 Å². The predicted octanol–water partition coefficient (Wildman–Crippen LogP) is 1.55. The second-order valence-corrected chi connectivity index (χ2v) is 4.53. The summed E-state index contributed by atoms with van der Waals surface area (Å²) in [5.41, 5.74) is 5.96. The first kappa shape index (κ1) is 13.9. The van der Waals surface area contributed by atoms with E-state index in [2.05, 4.69) is 39.5 Å². The van der Waals surface area contributed by atoms with Gasteiger partial charge in [0.2, 0.25) is 0 Å².